The molecule has 0 spiro atoms. The van der Waals surface area contributed by atoms with Gasteiger partial charge in [-0.2, -0.15) is 0 Å². The first kappa shape index (κ1) is 18.6. The lowest BCUT2D eigenvalue weighted by Gasteiger charge is -2.27. The van der Waals surface area contributed by atoms with Crippen LogP contribution in [0.5, 0.6) is 0 Å². The molecule has 1 aromatic rings. The summed E-state index contributed by atoms with van der Waals surface area (Å²) in [5, 5.41) is 9.05. The maximum Gasteiger partial charge on any atom is 0.335 e. The van der Waals surface area contributed by atoms with Crippen LogP contribution in [0.15, 0.2) is 22.7 Å². The molecule has 0 heterocycles. The molecule has 0 aliphatic rings. The first-order valence-electron chi connectivity index (χ1n) is 6.57. The molecule has 22 heavy (non-hydrogen) atoms. The van der Waals surface area contributed by atoms with Gasteiger partial charge in [0.25, 0.3) is 5.91 Å². The van der Waals surface area contributed by atoms with Crippen LogP contribution in [0.4, 0.5) is 0 Å². The van der Waals surface area contributed by atoms with Gasteiger partial charge in [-0.3, -0.25) is 4.79 Å². The van der Waals surface area contributed by atoms with Crippen LogP contribution < -0.4 is 0 Å². The van der Waals surface area contributed by atoms with Crippen LogP contribution in [-0.2, 0) is 9.84 Å². The van der Waals surface area contributed by atoms with E-state index < -0.39 is 27.8 Å². The van der Waals surface area contributed by atoms with E-state index >= 15 is 0 Å². The first-order valence-corrected chi connectivity index (χ1v) is 9.43. The van der Waals surface area contributed by atoms with Gasteiger partial charge in [0.1, 0.15) is 9.84 Å². The van der Waals surface area contributed by atoms with Crippen molar-refractivity contribution in [2.24, 2.45) is 0 Å². The number of hydrogen-bond acceptors (Lipinski definition) is 4. The number of amides is 1. The largest absolute Gasteiger partial charge is 0.478 e. The second kappa shape index (κ2) is 7.23. The highest BCUT2D eigenvalue weighted by Crippen LogP contribution is 2.18. The molecule has 1 rings (SSSR count). The number of hydrogen-bond donors (Lipinski definition) is 1. The molecule has 0 radical (unpaired) electrons. The maximum atomic E-state index is 12.5. The normalized spacial score (nSPS) is 12.7. The van der Waals surface area contributed by atoms with Gasteiger partial charge >= 0.3 is 5.97 Å². The second-order valence-electron chi connectivity index (χ2n) is 5.07. The maximum absolute atomic E-state index is 12.5. The minimum absolute atomic E-state index is 0.00968. The lowest BCUT2D eigenvalue weighted by atomic mass is 10.1. The van der Waals surface area contributed by atoms with Crippen molar-refractivity contribution in [3.05, 3.63) is 33.8 Å². The summed E-state index contributed by atoms with van der Waals surface area (Å²) < 4.78 is 23.3. The number of carboxylic acids is 1. The van der Waals surface area contributed by atoms with Crippen molar-refractivity contribution >= 4 is 37.6 Å². The average Bonchev–Trinajstić information content (AvgIpc) is 2.36. The number of aromatic carboxylic acids is 1. The van der Waals surface area contributed by atoms with Gasteiger partial charge in [-0.1, -0.05) is 15.9 Å². The molecule has 1 N–H and O–H groups in total. The van der Waals surface area contributed by atoms with Crippen molar-refractivity contribution in [2.45, 2.75) is 19.9 Å². The summed E-state index contributed by atoms with van der Waals surface area (Å²) in [7, 11) is -3.22. The van der Waals surface area contributed by atoms with E-state index in [4.69, 9.17) is 5.11 Å². The predicted molar refractivity (Wildman–Crippen MR) is 87.0 cm³/mol. The summed E-state index contributed by atoms with van der Waals surface area (Å²) in [4.78, 5) is 25.0. The molecule has 0 bridgehead atoms. The van der Waals surface area contributed by atoms with Crippen LogP contribution in [0.1, 0.15) is 34.6 Å². The number of carbonyl (C=O) groups is 2. The monoisotopic (exact) mass is 391 g/mol. The van der Waals surface area contributed by atoms with E-state index in [9.17, 15) is 18.0 Å². The standard InChI is InChI=1S/C14H18BrNO5S/c1-4-16(9(2)8-22(3,20)21)13(17)10-5-11(14(18)19)7-12(15)6-10/h5-7,9H,4,8H2,1-3H3,(H,18,19). The minimum Gasteiger partial charge on any atom is -0.478 e. The molecule has 0 aliphatic heterocycles. The number of carboxylic acid groups (broad SMARTS) is 1. The summed E-state index contributed by atoms with van der Waals surface area (Å²) in [5.74, 6) is -1.68. The summed E-state index contributed by atoms with van der Waals surface area (Å²) in [5.41, 5.74) is 0.193. The van der Waals surface area contributed by atoms with E-state index in [0.717, 1.165) is 6.26 Å². The SMILES string of the molecule is CCN(C(=O)c1cc(Br)cc(C(=O)O)c1)C(C)CS(C)(=O)=O. The van der Waals surface area contributed by atoms with Crippen molar-refractivity contribution in [1.82, 2.24) is 4.90 Å². The van der Waals surface area contributed by atoms with Crippen LogP contribution in [0.2, 0.25) is 0 Å². The smallest absolute Gasteiger partial charge is 0.335 e. The van der Waals surface area contributed by atoms with Crippen LogP contribution in [-0.4, -0.2) is 54.9 Å². The Kier molecular flexibility index (Phi) is 6.13. The molecule has 122 valence electrons. The van der Waals surface area contributed by atoms with Crippen molar-refractivity contribution in [2.75, 3.05) is 18.6 Å². The first-order chi connectivity index (χ1) is 10.0. The zero-order chi connectivity index (χ0) is 17.1. The Hall–Kier alpha value is -1.41. The van der Waals surface area contributed by atoms with Gasteiger partial charge in [0.2, 0.25) is 0 Å². The molecule has 1 unspecified atom stereocenters. The van der Waals surface area contributed by atoms with Crippen LogP contribution >= 0.6 is 15.9 Å². The fourth-order valence-corrected chi connectivity index (χ4v) is 3.74. The topological polar surface area (TPSA) is 91.8 Å². The quantitative estimate of drug-likeness (QED) is 0.800. The fraction of sp³-hybridized carbons (Fsp3) is 0.429. The average molecular weight is 392 g/mol. The second-order valence-corrected chi connectivity index (χ2v) is 8.17. The van der Waals surface area contributed by atoms with Crippen LogP contribution in [0.3, 0.4) is 0 Å². The number of benzene rings is 1. The van der Waals surface area contributed by atoms with Gasteiger partial charge in [-0.05, 0) is 32.0 Å². The van der Waals surface area contributed by atoms with Gasteiger partial charge in [0.05, 0.1) is 11.3 Å². The molecular formula is C14H18BrNO5S. The third-order valence-electron chi connectivity index (χ3n) is 3.07. The zero-order valence-corrected chi connectivity index (χ0v) is 14.9. The Balaban J connectivity index is 3.14. The molecule has 1 amide bonds. The van der Waals surface area contributed by atoms with E-state index in [1.165, 1.54) is 23.1 Å². The van der Waals surface area contributed by atoms with E-state index in [1.807, 2.05) is 0 Å². The molecule has 1 atom stereocenters. The summed E-state index contributed by atoms with van der Waals surface area (Å²) in [6.45, 7) is 3.72. The lowest BCUT2D eigenvalue weighted by molar-refractivity contribution is 0.0696. The van der Waals surface area contributed by atoms with Crippen LogP contribution in [0, 0.1) is 0 Å². The Morgan fingerprint density at radius 3 is 2.27 bits per heavy atom. The highest BCUT2D eigenvalue weighted by atomic mass is 79.9. The van der Waals surface area contributed by atoms with Gasteiger partial charge in [0, 0.05) is 28.9 Å². The lowest BCUT2D eigenvalue weighted by Crippen LogP contribution is -2.42. The van der Waals surface area contributed by atoms with Crippen molar-refractivity contribution in [3.63, 3.8) is 0 Å². The highest BCUT2D eigenvalue weighted by Gasteiger charge is 2.24. The number of carbonyl (C=O) groups excluding carboxylic acids is 1. The molecule has 0 saturated heterocycles. The van der Waals surface area contributed by atoms with Crippen molar-refractivity contribution < 1.29 is 23.1 Å². The molecule has 1 aromatic carbocycles. The number of nitrogens with zero attached hydrogens (tertiary/aromatic N) is 1. The number of rotatable bonds is 6. The van der Waals surface area contributed by atoms with E-state index in [0.29, 0.717) is 11.0 Å². The molecule has 8 heteroatoms. The fourth-order valence-electron chi connectivity index (χ4n) is 2.19. The predicted octanol–water partition coefficient (Wildman–Crippen LogP) is 2.04. The third-order valence-corrected chi connectivity index (χ3v) is 4.61. The van der Waals surface area contributed by atoms with E-state index in [2.05, 4.69) is 15.9 Å². The third kappa shape index (κ3) is 5.10. The Bertz CT molecular complexity index is 686. The van der Waals surface area contributed by atoms with Crippen molar-refractivity contribution in [3.8, 4) is 0 Å². The molecular weight excluding hydrogens is 374 g/mol. The molecule has 6 nitrogen and oxygen atoms in total. The van der Waals surface area contributed by atoms with E-state index in [1.54, 1.807) is 13.8 Å². The zero-order valence-electron chi connectivity index (χ0n) is 12.5. The van der Waals surface area contributed by atoms with Gasteiger partial charge in [-0.15, -0.1) is 0 Å². The van der Waals surface area contributed by atoms with Crippen molar-refractivity contribution in [1.29, 1.82) is 0 Å². The van der Waals surface area contributed by atoms with Gasteiger partial charge in [0.15, 0.2) is 0 Å². The minimum atomic E-state index is -3.22. The summed E-state index contributed by atoms with van der Waals surface area (Å²) >= 11 is 3.18. The van der Waals surface area contributed by atoms with Crippen LogP contribution in [0.25, 0.3) is 0 Å². The Morgan fingerprint density at radius 2 is 1.82 bits per heavy atom. The van der Waals surface area contributed by atoms with E-state index in [-0.39, 0.29) is 16.9 Å². The molecule has 0 saturated carbocycles. The Morgan fingerprint density at radius 1 is 1.27 bits per heavy atom. The van der Waals surface area contributed by atoms with Gasteiger partial charge < -0.3 is 10.0 Å². The molecule has 0 fully saturated rings. The Labute approximate surface area is 138 Å². The number of halogens is 1. The molecule has 0 aromatic heterocycles. The van der Waals surface area contributed by atoms with Gasteiger partial charge in [-0.25, -0.2) is 13.2 Å². The molecule has 0 aliphatic carbocycles. The summed E-state index contributed by atoms with van der Waals surface area (Å²) in [6, 6.07) is 3.70. The highest BCUT2D eigenvalue weighted by molar-refractivity contribution is 9.10. The summed E-state index contributed by atoms with van der Waals surface area (Å²) in [6.07, 6.45) is 1.11. The number of sulfone groups is 1.